The van der Waals surface area contributed by atoms with Crippen LogP contribution in [0.5, 0.6) is 5.75 Å². The van der Waals surface area contributed by atoms with Crippen molar-refractivity contribution in [2.24, 2.45) is 5.10 Å². The van der Waals surface area contributed by atoms with Crippen molar-refractivity contribution in [3.8, 4) is 5.75 Å². The SMILES string of the molecule is O=C(N/N=C\c1ccc(OCc2ccc3ccccc3c2)c(Br)c1)c1cccc(C(F)(F)F)c1. The molecule has 0 aliphatic carbocycles. The number of ether oxygens (including phenoxy) is 1. The Kier molecular flexibility index (Phi) is 6.98. The largest absolute Gasteiger partial charge is 0.488 e. The van der Waals surface area contributed by atoms with Gasteiger partial charge in [-0.25, -0.2) is 5.43 Å². The van der Waals surface area contributed by atoms with Crippen LogP contribution in [0, 0.1) is 0 Å². The molecule has 0 bridgehead atoms. The quantitative estimate of drug-likeness (QED) is 0.218. The first-order chi connectivity index (χ1) is 16.3. The molecule has 0 aliphatic rings. The molecule has 0 fully saturated rings. The summed E-state index contributed by atoms with van der Waals surface area (Å²) in [7, 11) is 0. The van der Waals surface area contributed by atoms with Crippen LogP contribution in [0.2, 0.25) is 0 Å². The number of hydrogen-bond donors (Lipinski definition) is 1. The average molecular weight is 527 g/mol. The highest BCUT2D eigenvalue weighted by molar-refractivity contribution is 9.10. The third-order valence-electron chi connectivity index (χ3n) is 5.00. The van der Waals surface area contributed by atoms with E-state index in [4.69, 9.17) is 4.74 Å². The Morgan fingerprint density at radius 1 is 0.941 bits per heavy atom. The van der Waals surface area contributed by atoms with Crippen LogP contribution >= 0.6 is 15.9 Å². The number of hydrogen-bond acceptors (Lipinski definition) is 3. The van der Waals surface area contributed by atoms with Gasteiger partial charge in [-0.05, 0) is 80.3 Å². The molecule has 0 heterocycles. The highest BCUT2D eigenvalue weighted by Gasteiger charge is 2.30. The maximum atomic E-state index is 12.8. The Morgan fingerprint density at radius 3 is 2.50 bits per heavy atom. The molecule has 0 spiro atoms. The summed E-state index contributed by atoms with van der Waals surface area (Å²) >= 11 is 3.46. The van der Waals surface area contributed by atoms with E-state index in [1.165, 1.54) is 18.3 Å². The predicted molar refractivity (Wildman–Crippen MR) is 129 cm³/mol. The lowest BCUT2D eigenvalue weighted by Crippen LogP contribution is -2.18. The van der Waals surface area contributed by atoms with Crippen LogP contribution < -0.4 is 10.2 Å². The van der Waals surface area contributed by atoms with Gasteiger partial charge in [-0.3, -0.25) is 4.79 Å². The molecule has 0 saturated carbocycles. The van der Waals surface area contributed by atoms with E-state index in [1.54, 1.807) is 18.2 Å². The number of rotatable bonds is 6. The first kappa shape index (κ1) is 23.5. The number of halogens is 4. The summed E-state index contributed by atoms with van der Waals surface area (Å²) in [4.78, 5) is 12.1. The van der Waals surface area contributed by atoms with E-state index in [0.29, 0.717) is 22.4 Å². The number of hydrazone groups is 1. The molecular formula is C26H18BrF3N2O2. The lowest BCUT2D eigenvalue weighted by atomic mass is 10.1. The zero-order chi connectivity index (χ0) is 24.1. The summed E-state index contributed by atoms with van der Waals surface area (Å²) in [6.45, 7) is 0.393. The Balaban J connectivity index is 1.36. The molecule has 1 N–H and O–H groups in total. The molecule has 4 aromatic carbocycles. The minimum atomic E-state index is -4.52. The molecule has 4 aromatic rings. The zero-order valence-electron chi connectivity index (χ0n) is 17.6. The Labute approximate surface area is 202 Å². The predicted octanol–water partition coefficient (Wildman–Crippen LogP) is 6.96. The minimum Gasteiger partial charge on any atom is -0.488 e. The molecule has 34 heavy (non-hydrogen) atoms. The van der Waals surface area contributed by atoms with Crippen LogP contribution in [-0.4, -0.2) is 12.1 Å². The van der Waals surface area contributed by atoms with E-state index in [0.717, 1.165) is 28.5 Å². The Hall–Kier alpha value is -3.65. The average Bonchev–Trinajstić information content (AvgIpc) is 2.83. The van der Waals surface area contributed by atoms with Crippen LogP contribution in [0.4, 0.5) is 13.2 Å². The molecule has 1 amide bonds. The number of nitrogens with one attached hydrogen (secondary N) is 1. The van der Waals surface area contributed by atoms with Gasteiger partial charge in [0.05, 0.1) is 16.3 Å². The first-order valence-electron chi connectivity index (χ1n) is 10.2. The summed E-state index contributed by atoms with van der Waals surface area (Å²) in [5.74, 6) is -0.102. The van der Waals surface area contributed by atoms with Crippen LogP contribution in [0.3, 0.4) is 0 Å². The second-order valence-corrected chi connectivity index (χ2v) is 8.29. The standard InChI is InChI=1S/C26H18BrF3N2O2/c27-23-13-17(15-31-32-25(33)21-6-3-7-22(14-21)26(28,29)30)9-11-24(23)34-16-18-8-10-19-4-1-2-5-20(19)12-18/h1-15H,16H2,(H,32,33)/b31-15-. The van der Waals surface area contributed by atoms with Gasteiger partial charge in [-0.1, -0.05) is 42.5 Å². The van der Waals surface area contributed by atoms with Gasteiger partial charge in [-0.2, -0.15) is 18.3 Å². The van der Waals surface area contributed by atoms with E-state index < -0.39 is 17.6 Å². The third kappa shape index (κ3) is 5.82. The van der Waals surface area contributed by atoms with E-state index in [2.05, 4.69) is 50.7 Å². The summed E-state index contributed by atoms with van der Waals surface area (Å²) in [6.07, 6.45) is -3.13. The van der Waals surface area contributed by atoms with Crippen molar-refractivity contribution in [1.82, 2.24) is 5.43 Å². The van der Waals surface area contributed by atoms with Gasteiger partial charge in [-0.15, -0.1) is 0 Å². The molecule has 0 aliphatic heterocycles. The third-order valence-corrected chi connectivity index (χ3v) is 5.62. The molecule has 0 radical (unpaired) electrons. The second kappa shape index (κ2) is 10.1. The van der Waals surface area contributed by atoms with Crippen LogP contribution in [-0.2, 0) is 12.8 Å². The van der Waals surface area contributed by atoms with Crippen LogP contribution in [0.15, 0.2) is 94.5 Å². The van der Waals surface area contributed by atoms with Crippen molar-refractivity contribution < 1.29 is 22.7 Å². The highest BCUT2D eigenvalue weighted by Crippen LogP contribution is 2.29. The van der Waals surface area contributed by atoms with Crippen molar-refractivity contribution in [2.45, 2.75) is 12.8 Å². The number of fused-ring (bicyclic) bond motifs is 1. The van der Waals surface area contributed by atoms with Gasteiger partial charge in [0.2, 0.25) is 0 Å². The van der Waals surface area contributed by atoms with Crippen LogP contribution in [0.1, 0.15) is 27.0 Å². The van der Waals surface area contributed by atoms with E-state index in [9.17, 15) is 18.0 Å². The highest BCUT2D eigenvalue weighted by atomic mass is 79.9. The fourth-order valence-corrected chi connectivity index (χ4v) is 3.78. The fraction of sp³-hybridized carbons (Fsp3) is 0.0769. The number of benzene rings is 4. The smallest absolute Gasteiger partial charge is 0.416 e. The van der Waals surface area contributed by atoms with Gasteiger partial charge in [0.25, 0.3) is 5.91 Å². The maximum Gasteiger partial charge on any atom is 0.416 e. The van der Waals surface area contributed by atoms with Gasteiger partial charge in [0.15, 0.2) is 0 Å². The molecule has 0 unspecified atom stereocenters. The van der Waals surface area contributed by atoms with Crippen molar-refractivity contribution >= 4 is 38.8 Å². The molecule has 172 valence electrons. The van der Waals surface area contributed by atoms with Crippen molar-refractivity contribution in [3.05, 3.63) is 112 Å². The molecule has 4 rings (SSSR count). The minimum absolute atomic E-state index is 0.134. The van der Waals surface area contributed by atoms with E-state index in [-0.39, 0.29) is 5.56 Å². The van der Waals surface area contributed by atoms with Crippen LogP contribution in [0.25, 0.3) is 10.8 Å². The number of amides is 1. The van der Waals surface area contributed by atoms with Gasteiger partial charge >= 0.3 is 6.18 Å². The molecule has 0 atom stereocenters. The maximum absolute atomic E-state index is 12.8. The Bertz CT molecular complexity index is 1370. The molecule has 4 nitrogen and oxygen atoms in total. The van der Waals surface area contributed by atoms with Crippen molar-refractivity contribution in [3.63, 3.8) is 0 Å². The lowest BCUT2D eigenvalue weighted by Gasteiger charge is -2.10. The van der Waals surface area contributed by atoms with Crippen molar-refractivity contribution in [2.75, 3.05) is 0 Å². The number of carbonyl (C=O) groups excluding carboxylic acids is 1. The Morgan fingerprint density at radius 2 is 1.74 bits per heavy atom. The molecule has 0 aromatic heterocycles. The second-order valence-electron chi connectivity index (χ2n) is 7.44. The lowest BCUT2D eigenvalue weighted by molar-refractivity contribution is -0.137. The summed E-state index contributed by atoms with van der Waals surface area (Å²) in [5.41, 5.74) is 2.91. The summed E-state index contributed by atoms with van der Waals surface area (Å²) in [5, 5.41) is 6.14. The van der Waals surface area contributed by atoms with E-state index >= 15 is 0 Å². The van der Waals surface area contributed by atoms with Gasteiger partial charge in [0, 0.05) is 5.56 Å². The summed E-state index contributed by atoms with van der Waals surface area (Å²) in [6, 6.07) is 23.7. The molecular weight excluding hydrogens is 509 g/mol. The fourth-order valence-electron chi connectivity index (χ4n) is 3.27. The topological polar surface area (TPSA) is 50.7 Å². The zero-order valence-corrected chi connectivity index (χ0v) is 19.2. The number of nitrogens with zero attached hydrogens (tertiary/aromatic N) is 1. The summed E-state index contributed by atoms with van der Waals surface area (Å²) < 4.78 is 45.0. The van der Waals surface area contributed by atoms with Gasteiger partial charge < -0.3 is 4.74 Å². The molecule has 8 heteroatoms. The van der Waals surface area contributed by atoms with Crippen molar-refractivity contribution in [1.29, 1.82) is 0 Å². The molecule has 0 saturated heterocycles. The normalized spacial score (nSPS) is 11.6. The monoisotopic (exact) mass is 526 g/mol. The van der Waals surface area contributed by atoms with E-state index in [1.807, 2.05) is 18.2 Å². The first-order valence-corrected chi connectivity index (χ1v) is 11.0. The number of carbonyl (C=O) groups is 1. The number of alkyl halides is 3. The van der Waals surface area contributed by atoms with Gasteiger partial charge in [0.1, 0.15) is 12.4 Å².